The van der Waals surface area contributed by atoms with Crippen LogP contribution in [0.2, 0.25) is 0 Å². The summed E-state index contributed by atoms with van der Waals surface area (Å²) in [5, 5.41) is 0. The molecule has 1 aromatic carbocycles. The lowest BCUT2D eigenvalue weighted by atomic mass is 10.1. The number of aromatic nitrogens is 2. The number of fused-ring (bicyclic) bond motifs is 1. The number of nitrogens with zero attached hydrogens (tertiary/aromatic N) is 1. The van der Waals surface area contributed by atoms with Gasteiger partial charge in [-0.1, -0.05) is 0 Å². The van der Waals surface area contributed by atoms with Crippen LogP contribution in [0.4, 0.5) is 0 Å². The van der Waals surface area contributed by atoms with Gasteiger partial charge in [0.25, 0.3) is 0 Å². The number of aromatic amines is 1. The Hall–Kier alpha value is -1.75. The summed E-state index contributed by atoms with van der Waals surface area (Å²) < 4.78 is 12.5. The Morgan fingerprint density at radius 1 is 1.50 bits per heavy atom. The minimum Gasteiger partial charge on any atom is -0.497 e. The zero-order valence-corrected chi connectivity index (χ0v) is 10.3. The van der Waals surface area contributed by atoms with Gasteiger partial charge in [-0.05, 0) is 25.0 Å². The van der Waals surface area contributed by atoms with Crippen LogP contribution in [0.5, 0.6) is 5.75 Å². The van der Waals surface area contributed by atoms with Crippen LogP contribution in [0, 0.1) is 0 Å². The predicted molar refractivity (Wildman–Crippen MR) is 68.2 cm³/mol. The van der Waals surface area contributed by atoms with Crippen LogP contribution in [0.3, 0.4) is 0 Å². The molecule has 2 aromatic rings. The van der Waals surface area contributed by atoms with Crippen LogP contribution >= 0.6 is 0 Å². The van der Waals surface area contributed by atoms with Gasteiger partial charge in [-0.3, -0.25) is 4.57 Å². The standard InChI is InChI=1S/C13H16N2O3/c1-17-10-4-5-11-12(7-10)15(13(16)14-11)9-3-2-6-18-8-9/h4-5,7,9H,2-3,6,8H2,1H3,(H,14,16). The van der Waals surface area contributed by atoms with E-state index in [2.05, 4.69) is 4.98 Å². The third kappa shape index (κ3) is 1.80. The van der Waals surface area contributed by atoms with Crippen molar-refractivity contribution in [2.45, 2.75) is 18.9 Å². The smallest absolute Gasteiger partial charge is 0.326 e. The molecule has 1 N–H and O–H groups in total. The van der Waals surface area contributed by atoms with Crippen LogP contribution in [0.25, 0.3) is 11.0 Å². The van der Waals surface area contributed by atoms with E-state index in [4.69, 9.17) is 9.47 Å². The number of rotatable bonds is 2. The molecular weight excluding hydrogens is 232 g/mol. The van der Waals surface area contributed by atoms with E-state index in [0.29, 0.717) is 6.61 Å². The topological polar surface area (TPSA) is 56.2 Å². The fourth-order valence-electron chi connectivity index (χ4n) is 2.52. The highest BCUT2D eigenvalue weighted by Crippen LogP contribution is 2.24. The average Bonchev–Trinajstić information content (AvgIpc) is 2.74. The molecule has 0 spiro atoms. The maximum absolute atomic E-state index is 12.0. The Balaban J connectivity index is 2.13. The Morgan fingerprint density at radius 2 is 2.39 bits per heavy atom. The van der Waals surface area contributed by atoms with E-state index in [9.17, 15) is 4.79 Å². The normalized spacial score (nSPS) is 20.2. The Bertz CT molecular complexity index is 608. The molecule has 3 rings (SSSR count). The van der Waals surface area contributed by atoms with Gasteiger partial charge in [-0.15, -0.1) is 0 Å². The van der Waals surface area contributed by atoms with Crippen LogP contribution in [-0.2, 0) is 4.74 Å². The van der Waals surface area contributed by atoms with Gasteiger partial charge in [0.15, 0.2) is 0 Å². The van der Waals surface area contributed by atoms with E-state index >= 15 is 0 Å². The van der Waals surface area contributed by atoms with Gasteiger partial charge in [-0.2, -0.15) is 0 Å². The second-order valence-corrected chi connectivity index (χ2v) is 4.55. The van der Waals surface area contributed by atoms with E-state index in [1.165, 1.54) is 0 Å². The molecule has 1 aromatic heterocycles. The summed E-state index contributed by atoms with van der Waals surface area (Å²) in [6, 6.07) is 5.73. The van der Waals surface area contributed by atoms with E-state index in [-0.39, 0.29) is 11.7 Å². The molecule has 5 nitrogen and oxygen atoms in total. The molecular formula is C13H16N2O3. The third-order valence-electron chi connectivity index (χ3n) is 3.43. The summed E-state index contributed by atoms with van der Waals surface area (Å²) in [5.41, 5.74) is 1.65. The fraction of sp³-hybridized carbons (Fsp3) is 0.462. The van der Waals surface area contributed by atoms with Crippen molar-refractivity contribution in [3.05, 3.63) is 28.7 Å². The molecule has 0 amide bonds. The zero-order valence-electron chi connectivity index (χ0n) is 10.3. The van der Waals surface area contributed by atoms with Crippen molar-refractivity contribution in [1.29, 1.82) is 0 Å². The van der Waals surface area contributed by atoms with Gasteiger partial charge in [0, 0.05) is 12.7 Å². The lowest BCUT2D eigenvalue weighted by molar-refractivity contribution is 0.0594. The van der Waals surface area contributed by atoms with E-state index < -0.39 is 0 Å². The Kier molecular flexibility index (Phi) is 2.83. The van der Waals surface area contributed by atoms with Crippen LogP contribution < -0.4 is 10.4 Å². The molecule has 96 valence electrons. The summed E-state index contributed by atoms with van der Waals surface area (Å²) in [4.78, 5) is 14.9. The summed E-state index contributed by atoms with van der Waals surface area (Å²) in [6.07, 6.45) is 1.97. The molecule has 0 radical (unpaired) electrons. The van der Waals surface area contributed by atoms with E-state index in [1.807, 2.05) is 18.2 Å². The summed E-state index contributed by atoms with van der Waals surface area (Å²) in [7, 11) is 1.62. The third-order valence-corrected chi connectivity index (χ3v) is 3.43. The lowest BCUT2D eigenvalue weighted by Gasteiger charge is -2.23. The maximum atomic E-state index is 12.0. The van der Waals surface area contributed by atoms with E-state index in [1.54, 1.807) is 11.7 Å². The SMILES string of the molecule is COc1ccc2[nH]c(=O)n(C3CCCOC3)c2c1. The minimum atomic E-state index is -0.0752. The van der Waals surface area contributed by atoms with E-state index in [0.717, 1.165) is 36.2 Å². The van der Waals surface area contributed by atoms with Gasteiger partial charge in [-0.25, -0.2) is 4.79 Å². The van der Waals surface area contributed by atoms with Crippen molar-refractivity contribution < 1.29 is 9.47 Å². The number of imidazole rings is 1. The fourth-order valence-corrected chi connectivity index (χ4v) is 2.52. The van der Waals surface area contributed by atoms with Crippen LogP contribution in [0.15, 0.2) is 23.0 Å². The highest BCUT2D eigenvalue weighted by Gasteiger charge is 2.20. The second kappa shape index (κ2) is 4.49. The first-order valence-electron chi connectivity index (χ1n) is 6.15. The van der Waals surface area contributed by atoms with Crippen molar-refractivity contribution in [2.75, 3.05) is 20.3 Å². The molecule has 0 bridgehead atoms. The second-order valence-electron chi connectivity index (χ2n) is 4.55. The van der Waals surface area contributed by atoms with Gasteiger partial charge < -0.3 is 14.5 Å². The molecule has 1 atom stereocenters. The van der Waals surface area contributed by atoms with Crippen molar-refractivity contribution in [3.63, 3.8) is 0 Å². The number of hydrogen-bond donors (Lipinski definition) is 1. The van der Waals surface area contributed by atoms with Crippen LogP contribution in [-0.4, -0.2) is 29.9 Å². The number of hydrogen-bond acceptors (Lipinski definition) is 3. The highest BCUT2D eigenvalue weighted by molar-refractivity contribution is 5.77. The first-order chi connectivity index (χ1) is 8.79. The molecule has 1 unspecified atom stereocenters. The van der Waals surface area contributed by atoms with Crippen molar-refractivity contribution in [1.82, 2.24) is 9.55 Å². The van der Waals surface area contributed by atoms with Gasteiger partial charge in [0.1, 0.15) is 5.75 Å². The molecule has 1 saturated heterocycles. The monoisotopic (exact) mass is 248 g/mol. The maximum Gasteiger partial charge on any atom is 0.326 e. The molecule has 0 saturated carbocycles. The van der Waals surface area contributed by atoms with Crippen molar-refractivity contribution >= 4 is 11.0 Å². The van der Waals surface area contributed by atoms with Crippen molar-refractivity contribution in [3.8, 4) is 5.75 Å². The largest absolute Gasteiger partial charge is 0.497 e. The molecule has 2 heterocycles. The Morgan fingerprint density at radius 3 is 3.11 bits per heavy atom. The number of H-pyrrole nitrogens is 1. The summed E-state index contributed by atoms with van der Waals surface area (Å²) in [5.74, 6) is 0.756. The van der Waals surface area contributed by atoms with Crippen molar-refractivity contribution in [2.24, 2.45) is 0 Å². The van der Waals surface area contributed by atoms with Gasteiger partial charge in [0.05, 0.1) is 30.8 Å². The first kappa shape index (κ1) is 11.3. The zero-order chi connectivity index (χ0) is 12.5. The quantitative estimate of drug-likeness (QED) is 0.879. The number of nitrogens with one attached hydrogen (secondary N) is 1. The molecule has 18 heavy (non-hydrogen) atoms. The van der Waals surface area contributed by atoms with Gasteiger partial charge >= 0.3 is 5.69 Å². The molecule has 0 aliphatic carbocycles. The number of methoxy groups -OCH3 is 1. The Labute approximate surface area is 104 Å². The average molecular weight is 248 g/mol. The number of benzene rings is 1. The van der Waals surface area contributed by atoms with Crippen LogP contribution in [0.1, 0.15) is 18.9 Å². The summed E-state index contributed by atoms with van der Waals surface area (Å²) in [6.45, 7) is 1.39. The minimum absolute atomic E-state index is 0.0752. The molecule has 1 aliphatic heterocycles. The highest BCUT2D eigenvalue weighted by atomic mass is 16.5. The molecule has 5 heteroatoms. The number of ether oxygens (including phenoxy) is 2. The lowest BCUT2D eigenvalue weighted by Crippen LogP contribution is -2.28. The molecule has 1 aliphatic rings. The van der Waals surface area contributed by atoms with Gasteiger partial charge in [0.2, 0.25) is 0 Å². The first-order valence-corrected chi connectivity index (χ1v) is 6.15. The molecule has 1 fully saturated rings. The summed E-state index contributed by atoms with van der Waals surface area (Å²) >= 11 is 0. The predicted octanol–water partition coefficient (Wildman–Crippen LogP) is 1.69.